The topological polar surface area (TPSA) is 74.6 Å². The number of rotatable bonds is 6. The second-order valence-electron chi connectivity index (χ2n) is 5.11. The van der Waals surface area contributed by atoms with Gasteiger partial charge in [-0.05, 0) is 36.9 Å². The number of furan rings is 1. The molecule has 2 aromatic rings. The molecule has 0 fully saturated rings. The smallest absolute Gasteiger partial charge is 0.321 e. The lowest BCUT2D eigenvalue weighted by atomic mass is 10.2. The summed E-state index contributed by atoms with van der Waals surface area (Å²) >= 11 is 5.92. The highest BCUT2D eigenvalue weighted by molar-refractivity contribution is 6.30. The highest BCUT2D eigenvalue weighted by Gasteiger charge is 2.11. The van der Waals surface area contributed by atoms with E-state index in [0.29, 0.717) is 17.3 Å². The largest absolute Gasteiger partial charge is 0.467 e. The Morgan fingerprint density at radius 2 is 2.09 bits per heavy atom. The van der Waals surface area contributed by atoms with Crippen molar-refractivity contribution in [1.29, 1.82) is 0 Å². The van der Waals surface area contributed by atoms with Crippen molar-refractivity contribution in [3.63, 3.8) is 0 Å². The van der Waals surface area contributed by atoms with Gasteiger partial charge in [-0.2, -0.15) is 0 Å². The van der Waals surface area contributed by atoms with Gasteiger partial charge >= 0.3 is 6.03 Å². The lowest BCUT2D eigenvalue weighted by Gasteiger charge is -2.16. The summed E-state index contributed by atoms with van der Waals surface area (Å²) in [6.45, 7) is 0.882. The Morgan fingerprint density at radius 3 is 2.78 bits per heavy atom. The first-order valence-corrected chi connectivity index (χ1v) is 7.44. The first-order valence-electron chi connectivity index (χ1n) is 7.06. The van der Waals surface area contributed by atoms with E-state index in [9.17, 15) is 9.59 Å². The maximum absolute atomic E-state index is 11.8. The molecule has 1 aromatic heterocycles. The van der Waals surface area contributed by atoms with E-state index < -0.39 is 6.03 Å². The Balaban J connectivity index is 1.71. The fourth-order valence-corrected chi connectivity index (χ4v) is 2.25. The van der Waals surface area contributed by atoms with E-state index in [1.807, 2.05) is 18.2 Å². The highest BCUT2D eigenvalue weighted by Crippen LogP contribution is 2.11. The summed E-state index contributed by atoms with van der Waals surface area (Å²) in [5.74, 6) is 0.233. The van der Waals surface area contributed by atoms with Crippen LogP contribution in [0.1, 0.15) is 11.3 Å². The Kier molecular flexibility index (Phi) is 6.19. The molecule has 0 atom stereocenters. The highest BCUT2D eigenvalue weighted by atomic mass is 35.5. The monoisotopic (exact) mass is 335 g/mol. The molecule has 122 valence electrons. The van der Waals surface area contributed by atoms with E-state index in [1.54, 1.807) is 30.1 Å². The van der Waals surface area contributed by atoms with Crippen molar-refractivity contribution in [2.75, 3.05) is 13.6 Å². The second-order valence-corrected chi connectivity index (χ2v) is 5.55. The van der Waals surface area contributed by atoms with Crippen LogP contribution in [0, 0.1) is 0 Å². The third-order valence-corrected chi connectivity index (χ3v) is 3.25. The summed E-state index contributed by atoms with van der Waals surface area (Å²) in [5, 5.41) is 5.47. The minimum Gasteiger partial charge on any atom is -0.467 e. The van der Waals surface area contributed by atoms with Gasteiger partial charge in [0.05, 0.1) is 19.4 Å². The van der Waals surface area contributed by atoms with E-state index >= 15 is 0 Å². The molecule has 0 aliphatic carbocycles. The first-order chi connectivity index (χ1) is 11.0. The average molecular weight is 336 g/mol. The zero-order chi connectivity index (χ0) is 16.7. The number of hydrogen-bond donors (Lipinski definition) is 2. The van der Waals surface area contributed by atoms with Crippen molar-refractivity contribution >= 4 is 23.5 Å². The molecule has 0 saturated heterocycles. The van der Waals surface area contributed by atoms with E-state index in [2.05, 4.69) is 10.6 Å². The van der Waals surface area contributed by atoms with Gasteiger partial charge in [-0.15, -0.1) is 0 Å². The van der Waals surface area contributed by atoms with Crippen molar-refractivity contribution < 1.29 is 14.0 Å². The van der Waals surface area contributed by atoms with Crippen LogP contribution in [0.2, 0.25) is 5.02 Å². The molecule has 0 radical (unpaired) electrons. The van der Waals surface area contributed by atoms with Crippen LogP contribution in [0.5, 0.6) is 0 Å². The SMILES string of the molecule is CN(CC(=O)NC(=O)NCc1ccco1)Cc1cccc(Cl)c1. The molecule has 2 rings (SSSR count). The number of benzene rings is 1. The number of halogens is 1. The van der Waals surface area contributed by atoms with Crippen LogP contribution in [0.4, 0.5) is 4.79 Å². The number of hydrogen-bond acceptors (Lipinski definition) is 4. The fraction of sp³-hybridized carbons (Fsp3) is 0.250. The average Bonchev–Trinajstić information content (AvgIpc) is 2.98. The number of carbonyl (C=O) groups excluding carboxylic acids is 2. The third-order valence-electron chi connectivity index (χ3n) is 3.01. The van der Waals surface area contributed by atoms with Gasteiger partial charge in [-0.1, -0.05) is 23.7 Å². The standard InChI is InChI=1S/C16H18ClN3O3/c1-20(10-12-4-2-5-13(17)8-12)11-15(21)19-16(22)18-9-14-6-3-7-23-14/h2-8H,9-11H2,1H3,(H2,18,19,21,22). The number of nitrogens with zero attached hydrogens (tertiary/aromatic N) is 1. The maximum Gasteiger partial charge on any atom is 0.321 e. The minimum atomic E-state index is -0.553. The van der Waals surface area contributed by atoms with Gasteiger partial charge in [0.15, 0.2) is 0 Å². The number of urea groups is 1. The van der Waals surface area contributed by atoms with Gasteiger partial charge in [-0.25, -0.2) is 4.79 Å². The van der Waals surface area contributed by atoms with Crippen LogP contribution in [0.3, 0.4) is 0 Å². The molecule has 3 amide bonds. The van der Waals surface area contributed by atoms with Gasteiger partial charge in [0.2, 0.25) is 5.91 Å². The van der Waals surface area contributed by atoms with Crippen molar-refractivity contribution in [2.24, 2.45) is 0 Å². The normalized spacial score (nSPS) is 10.6. The predicted molar refractivity (Wildman–Crippen MR) is 86.9 cm³/mol. The molecule has 0 aliphatic heterocycles. The lowest BCUT2D eigenvalue weighted by Crippen LogP contribution is -2.43. The molecule has 6 nitrogen and oxygen atoms in total. The molecule has 2 N–H and O–H groups in total. The second kappa shape index (κ2) is 8.36. The van der Waals surface area contributed by atoms with E-state index in [4.69, 9.17) is 16.0 Å². The predicted octanol–water partition coefficient (Wildman–Crippen LogP) is 2.39. The molecule has 1 aromatic carbocycles. The molecule has 0 spiro atoms. The molecule has 1 heterocycles. The number of amides is 3. The van der Waals surface area contributed by atoms with Gasteiger partial charge in [0.1, 0.15) is 5.76 Å². The van der Waals surface area contributed by atoms with E-state index in [1.165, 1.54) is 6.26 Å². The van der Waals surface area contributed by atoms with Crippen LogP contribution >= 0.6 is 11.6 Å². The number of likely N-dealkylation sites (N-methyl/N-ethyl adjacent to an activating group) is 1. The number of carbonyl (C=O) groups is 2. The van der Waals surface area contributed by atoms with Crippen LogP contribution in [-0.4, -0.2) is 30.4 Å². The van der Waals surface area contributed by atoms with Crippen molar-refractivity contribution in [3.8, 4) is 0 Å². The van der Waals surface area contributed by atoms with Crippen LogP contribution in [-0.2, 0) is 17.9 Å². The van der Waals surface area contributed by atoms with Crippen molar-refractivity contribution in [2.45, 2.75) is 13.1 Å². The summed E-state index contributed by atoms with van der Waals surface area (Å²) < 4.78 is 5.08. The maximum atomic E-state index is 11.8. The Hall–Kier alpha value is -2.31. The van der Waals surface area contributed by atoms with Crippen LogP contribution < -0.4 is 10.6 Å². The van der Waals surface area contributed by atoms with Gasteiger partial charge in [0, 0.05) is 11.6 Å². The molecule has 7 heteroatoms. The first kappa shape index (κ1) is 17.1. The minimum absolute atomic E-state index is 0.0979. The van der Waals surface area contributed by atoms with Crippen LogP contribution in [0.15, 0.2) is 47.1 Å². The van der Waals surface area contributed by atoms with Crippen molar-refractivity contribution in [3.05, 3.63) is 59.0 Å². The lowest BCUT2D eigenvalue weighted by molar-refractivity contribution is -0.120. The molecule has 0 aliphatic rings. The molecule has 0 saturated carbocycles. The summed E-state index contributed by atoms with van der Waals surface area (Å²) in [4.78, 5) is 25.2. The van der Waals surface area contributed by atoms with E-state index in [0.717, 1.165) is 5.56 Å². The molecule has 0 unspecified atom stereocenters. The summed E-state index contributed by atoms with van der Waals surface area (Å²) in [7, 11) is 1.79. The quantitative estimate of drug-likeness (QED) is 0.850. The van der Waals surface area contributed by atoms with Crippen molar-refractivity contribution in [1.82, 2.24) is 15.5 Å². The fourth-order valence-electron chi connectivity index (χ4n) is 2.04. The molecular weight excluding hydrogens is 318 g/mol. The van der Waals surface area contributed by atoms with Gasteiger partial charge < -0.3 is 9.73 Å². The Labute approximate surface area is 139 Å². The van der Waals surface area contributed by atoms with Gasteiger partial charge in [0.25, 0.3) is 0 Å². The van der Waals surface area contributed by atoms with E-state index in [-0.39, 0.29) is 19.0 Å². The van der Waals surface area contributed by atoms with Crippen LogP contribution in [0.25, 0.3) is 0 Å². The molecule has 23 heavy (non-hydrogen) atoms. The zero-order valence-electron chi connectivity index (χ0n) is 12.7. The number of imide groups is 1. The Bertz CT molecular complexity index is 658. The molecule has 0 bridgehead atoms. The Morgan fingerprint density at radius 1 is 1.26 bits per heavy atom. The molecular formula is C16H18ClN3O3. The zero-order valence-corrected chi connectivity index (χ0v) is 13.5. The number of nitrogens with one attached hydrogen (secondary N) is 2. The summed E-state index contributed by atoms with van der Waals surface area (Å²) in [6.07, 6.45) is 1.52. The van der Waals surface area contributed by atoms with Gasteiger partial charge in [-0.3, -0.25) is 15.0 Å². The summed E-state index contributed by atoms with van der Waals surface area (Å²) in [5.41, 5.74) is 0.995. The summed E-state index contributed by atoms with van der Waals surface area (Å²) in [6, 6.07) is 10.3. The third kappa shape index (κ3) is 6.14.